The van der Waals surface area contributed by atoms with E-state index in [4.69, 9.17) is 15.2 Å². The number of hydrogen-bond donors (Lipinski definition) is 3. The van der Waals surface area contributed by atoms with E-state index in [1.54, 1.807) is 18.2 Å². The minimum absolute atomic E-state index is 0. The minimum Gasteiger partial charge on any atom is -0.493 e. The molecular weight excluding hydrogens is 346 g/mol. The highest BCUT2D eigenvalue weighted by Gasteiger charge is 2.14. The summed E-state index contributed by atoms with van der Waals surface area (Å²) in [6.07, 6.45) is 3.38. The number of nitrogens with one attached hydrogen (secondary N) is 2. The number of benzene rings is 1. The van der Waals surface area contributed by atoms with Gasteiger partial charge in [-0.15, -0.1) is 12.4 Å². The van der Waals surface area contributed by atoms with Gasteiger partial charge in [0.1, 0.15) is 0 Å². The highest BCUT2D eigenvalue weighted by atomic mass is 35.5. The van der Waals surface area contributed by atoms with Gasteiger partial charge in [0.2, 0.25) is 0 Å². The molecule has 1 fully saturated rings. The summed E-state index contributed by atoms with van der Waals surface area (Å²) in [6.45, 7) is 2.52. The second-order valence-corrected chi connectivity index (χ2v) is 5.88. The van der Waals surface area contributed by atoms with E-state index >= 15 is 0 Å². The van der Waals surface area contributed by atoms with Gasteiger partial charge in [-0.05, 0) is 56.5 Å². The van der Waals surface area contributed by atoms with Crippen LogP contribution in [0.25, 0.3) is 0 Å². The summed E-state index contributed by atoms with van der Waals surface area (Å²) >= 11 is 0. The fraction of sp³-hybridized carbons (Fsp3) is 0.529. The Morgan fingerprint density at radius 2 is 2.16 bits per heavy atom. The Balaban J connectivity index is 0.00000312. The zero-order valence-corrected chi connectivity index (χ0v) is 15.2. The molecule has 0 bridgehead atoms. The number of carbonyl (C=O) groups is 2. The summed E-state index contributed by atoms with van der Waals surface area (Å²) in [7, 11) is 1.48. The fourth-order valence-electron chi connectivity index (χ4n) is 2.74. The molecule has 2 rings (SSSR count). The highest BCUT2D eigenvalue weighted by molar-refractivity contribution is 5.94. The smallest absolute Gasteiger partial charge is 0.255 e. The van der Waals surface area contributed by atoms with Crippen LogP contribution in [0.1, 0.15) is 29.6 Å². The topological polar surface area (TPSA) is 103 Å². The van der Waals surface area contributed by atoms with Crippen molar-refractivity contribution >= 4 is 24.2 Å². The van der Waals surface area contributed by atoms with Crippen molar-refractivity contribution in [2.45, 2.75) is 19.3 Å². The third-order valence-corrected chi connectivity index (χ3v) is 4.03. The number of nitrogens with two attached hydrogens (primary N) is 1. The lowest BCUT2D eigenvalue weighted by atomic mass is 9.96. The Bertz CT molecular complexity index is 577. The maximum Gasteiger partial charge on any atom is 0.255 e. The number of hydrogen-bond acceptors (Lipinski definition) is 5. The van der Waals surface area contributed by atoms with Crippen molar-refractivity contribution in [2.24, 2.45) is 11.7 Å². The number of rotatable bonds is 8. The van der Waals surface area contributed by atoms with Crippen LogP contribution in [0, 0.1) is 5.92 Å². The van der Waals surface area contributed by atoms with Gasteiger partial charge in [0.25, 0.3) is 11.8 Å². The first-order chi connectivity index (χ1) is 11.6. The molecule has 7 nitrogen and oxygen atoms in total. The Labute approximate surface area is 154 Å². The maximum absolute atomic E-state index is 12.2. The first-order valence-electron chi connectivity index (χ1n) is 8.18. The SMILES string of the molecule is COc1cc(C(=O)NCCC2CCCNC2)ccc1OCC(N)=O.Cl. The van der Waals surface area contributed by atoms with Gasteiger partial charge >= 0.3 is 0 Å². The lowest BCUT2D eigenvalue weighted by Crippen LogP contribution is -2.33. The fourth-order valence-corrected chi connectivity index (χ4v) is 2.74. The van der Waals surface area contributed by atoms with Crippen LogP contribution in [0.15, 0.2) is 18.2 Å². The van der Waals surface area contributed by atoms with Crippen LogP contribution < -0.4 is 25.8 Å². The summed E-state index contributed by atoms with van der Waals surface area (Å²) < 4.78 is 10.4. The van der Waals surface area contributed by atoms with Gasteiger partial charge in [-0.2, -0.15) is 0 Å². The van der Waals surface area contributed by atoms with E-state index in [1.165, 1.54) is 20.0 Å². The molecule has 0 spiro atoms. The minimum atomic E-state index is -0.573. The number of piperidine rings is 1. The Morgan fingerprint density at radius 3 is 2.80 bits per heavy atom. The molecule has 1 aromatic carbocycles. The monoisotopic (exact) mass is 371 g/mol. The summed E-state index contributed by atoms with van der Waals surface area (Å²) in [5.74, 6) is 0.661. The maximum atomic E-state index is 12.2. The number of methoxy groups -OCH3 is 1. The van der Waals surface area contributed by atoms with Gasteiger partial charge < -0.3 is 25.8 Å². The second kappa shape index (κ2) is 10.8. The van der Waals surface area contributed by atoms with Gasteiger partial charge in [0.05, 0.1) is 7.11 Å². The number of carbonyl (C=O) groups excluding carboxylic acids is 2. The Morgan fingerprint density at radius 1 is 1.36 bits per heavy atom. The summed E-state index contributed by atoms with van der Waals surface area (Å²) in [4.78, 5) is 23.0. The van der Waals surface area contributed by atoms with Crippen LogP contribution in [0.4, 0.5) is 0 Å². The van der Waals surface area contributed by atoms with Gasteiger partial charge in [-0.25, -0.2) is 0 Å². The van der Waals surface area contributed by atoms with Crippen LogP contribution in [0.2, 0.25) is 0 Å². The second-order valence-electron chi connectivity index (χ2n) is 5.88. The molecule has 8 heteroatoms. The molecule has 1 aromatic rings. The van der Waals surface area contributed by atoms with Gasteiger partial charge in [-0.3, -0.25) is 9.59 Å². The molecule has 0 radical (unpaired) electrons. The van der Waals surface area contributed by atoms with E-state index in [0.717, 1.165) is 19.5 Å². The zero-order chi connectivity index (χ0) is 17.4. The van der Waals surface area contributed by atoms with E-state index in [0.29, 0.717) is 29.5 Å². The molecule has 1 heterocycles. The molecular formula is C17H26ClN3O4. The normalized spacial score (nSPS) is 16.4. The summed E-state index contributed by atoms with van der Waals surface area (Å²) in [5.41, 5.74) is 5.54. The number of amides is 2. The van der Waals surface area contributed by atoms with Crippen LogP contribution in [0.3, 0.4) is 0 Å². The van der Waals surface area contributed by atoms with E-state index in [9.17, 15) is 9.59 Å². The summed E-state index contributed by atoms with van der Waals surface area (Å²) in [5, 5.41) is 6.30. The summed E-state index contributed by atoms with van der Waals surface area (Å²) in [6, 6.07) is 4.83. The molecule has 2 amide bonds. The predicted octanol–water partition coefficient (Wildman–Crippen LogP) is 1.10. The Hall–Kier alpha value is -1.99. The zero-order valence-electron chi connectivity index (χ0n) is 14.4. The van der Waals surface area contributed by atoms with Crippen LogP contribution in [-0.4, -0.2) is 45.2 Å². The molecule has 25 heavy (non-hydrogen) atoms. The van der Waals surface area contributed by atoms with Crippen molar-refractivity contribution in [3.63, 3.8) is 0 Å². The molecule has 1 unspecified atom stereocenters. The van der Waals surface area contributed by atoms with E-state index in [2.05, 4.69) is 10.6 Å². The third kappa shape index (κ3) is 6.80. The van der Waals surface area contributed by atoms with Crippen LogP contribution >= 0.6 is 12.4 Å². The average Bonchev–Trinajstić information content (AvgIpc) is 2.60. The Kier molecular flexibility index (Phi) is 9.08. The van der Waals surface area contributed by atoms with E-state index in [-0.39, 0.29) is 24.9 Å². The van der Waals surface area contributed by atoms with E-state index in [1.807, 2.05) is 0 Å². The quantitative estimate of drug-likeness (QED) is 0.635. The van der Waals surface area contributed by atoms with Crippen molar-refractivity contribution in [3.8, 4) is 11.5 Å². The highest BCUT2D eigenvalue weighted by Crippen LogP contribution is 2.28. The van der Waals surface area contributed by atoms with Gasteiger partial charge in [0.15, 0.2) is 18.1 Å². The first kappa shape index (κ1) is 21.1. The van der Waals surface area contributed by atoms with Crippen LogP contribution in [-0.2, 0) is 4.79 Å². The molecule has 0 aromatic heterocycles. The van der Waals surface area contributed by atoms with Crippen molar-refractivity contribution < 1.29 is 19.1 Å². The number of halogens is 1. The van der Waals surface area contributed by atoms with Crippen LogP contribution in [0.5, 0.6) is 11.5 Å². The van der Waals surface area contributed by atoms with Crippen molar-refractivity contribution in [2.75, 3.05) is 33.4 Å². The molecule has 1 aliphatic heterocycles. The predicted molar refractivity (Wildman–Crippen MR) is 97.5 cm³/mol. The standard InChI is InChI=1S/C17H25N3O4.ClH/c1-23-15-9-13(4-5-14(15)24-11-16(18)21)17(22)20-8-6-12-3-2-7-19-10-12;/h4-5,9,12,19H,2-3,6-8,10-11H2,1H3,(H2,18,21)(H,20,22);1H. The molecule has 0 saturated carbocycles. The van der Waals surface area contributed by atoms with E-state index < -0.39 is 5.91 Å². The first-order valence-corrected chi connectivity index (χ1v) is 8.18. The lowest BCUT2D eigenvalue weighted by molar-refractivity contribution is -0.119. The molecule has 140 valence electrons. The molecule has 4 N–H and O–H groups in total. The van der Waals surface area contributed by atoms with Crippen molar-refractivity contribution in [3.05, 3.63) is 23.8 Å². The van der Waals surface area contributed by atoms with Crippen molar-refractivity contribution in [1.29, 1.82) is 0 Å². The molecule has 1 atom stereocenters. The molecule has 0 aliphatic carbocycles. The average molecular weight is 372 g/mol. The van der Waals surface area contributed by atoms with Gasteiger partial charge in [-0.1, -0.05) is 0 Å². The molecule has 1 aliphatic rings. The largest absolute Gasteiger partial charge is 0.493 e. The van der Waals surface area contributed by atoms with Gasteiger partial charge in [0, 0.05) is 12.1 Å². The molecule has 1 saturated heterocycles. The number of ether oxygens (including phenoxy) is 2. The lowest BCUT2D eigenvalue weighted by Gasteiger charge is -2.22. The van der Waals surface area contributed by atoms with Crippen molar-refractivity contribution in [1.82, 2.24) is 10.6 Å². The third-order valence-electron chi connectivity index (χ3n) is 4.03. The number of primary amides is 1.